The second-order valence-corrected chi connectivity index (χ2v) is 8.41. The number of oxazole rings is 1. The first-order valence-electron chi connectivity index (χ1n) is 9.61. The van der Waals surface area contributed by atoms with E-state index in [9.17, 15) is 10.1 Å². The van der Waals surface area contributed by atoms with E-state index in [4.69, 9.17) is 20.8 Å². The molecule has 0 saturated carbocycles. The first kappa shape index (κ1) is 20.9. The first-order valence-corrected chi connectivity index (χ1v) is 10.8. The zero-order valence-corrected chi connectivity index (χ0v) is 18.9. The van der Waals surface area contributed by atoms with E-state index in [2.05, 4.69) is 27.0 Å². The molecule has 0 aliphatic heterocycles. The van der Waals surface area contributed by atoms with E-state index in [-0.39, 0.29) is 18.6 Å². The Balaban J connectivity index is 1.77. The molecule has 30 heavy (non-hydrogen) atoms. The monoisotopic (exact) mass is 487 g/mol. The van der Waals surface area contributed by atoms with Crippen molar-refractivity contribution in [2.45, 2.75) is 25.8 Å². The molecule has 1 aromatic heterocycles. The van der Waals surface area contributed by atoms with Gasteiger partial charge in [-0.2, -0.15) is 5.26 Å². The summed E-state index contributed by atoms with van der Waals surface area (Å²) in [6, 6.07) is 9.79. The van der Waals surface area contributed by atoms with Crippen molar-refractivity contribution < 1.29 is 13.9 Å². The molecule has 0 spiro atoms. The Kier molecular flexibility index (Phi) is 5.83. The predicted octanol–water partition coefficient (Wildman–Crippen LogP) is 5.26. The largest absolute Gasteiger partial charge is 0.465 e. The molecule has 1 atom stereocenters. The van der Waals surface area contributed by atoms with Crippen molar-refractivity contribution in [2.75, 3.05) is 20.2 Å². The zero-order valence-electron chi connectivity index (χ0n) is 16.5. The molecule has 154 valence electrons. The Morgan fingerprint density at radius 2 is 2.30 bits per heavy atom. The van der Waals surface area contributed by atoms with Gasteiger partial charge >= 0.3 is 5.97 Å². The number of rotatable bonds is 5. The molecule has 1 aliphatic rings. The van der Waals surface area contributed by atoms with Crippen LogP contribution in [-0.2, 0) is 16.0 Å². The number of nitrogens with zero attached hydrogens (tertiary/aromatic N) is 3. The number of benzene rings is 2. The van der Waals surface area contributed by atoms with Crippen molar-refractivity contribution in [3.05, 3.63) is 50.5 Å². The molecule has 8 heteroatoms. The summed E-state index contributed by atoms with van der Waals surface area (Å²) in [5.41, 5.74) is 4.19. The lowest BCUT2D eigenvalue weighted by molar-refractivity contribution is -0.144. The second kappa shape index (κ2) is 8.38. The molecule has 0 unspecified atom stereocenters. The minimum absolute atomic E-state index is 0.00974. The van der Waals surface area contributed by atoms with Crippen molar-refractivity contribution >= 4 is 44.6 Å². The van der Waals surface area contributed by atoms with Gasteiger partial charge in [-0.05, 0) is 72.1 Å². The van der Waals surface area contributed by atoms with E-state index < -0.39 is 0 Å². The molecule has 2 aromatic carbocycles. The van der Waals surface area contributed by atoms with Gasteiger partial charge in [0, 0.05) is 10.5 Å². The van der Waals surface area contributed by atoms with E-state index in [0.717, 1.165) is 28.4 Å². The molecule has 3 aromatic rings. The molecule has 1 aliphatic carbocycles. The first-order chi connectivity index (χ1) is 14.4. The Labute approximate surface area is 187 Å². The molecule has 4 rings (SSSR count). The molecular formula is C22H19BrClN3O3. The van der Waals surface area contributed by atoms with Crippen LogP contribution in [0.25, 0.3) is 22.6 Å². The van der Waals surface area contributed by atoms with Gasteiger partial charge < -0.3 is 9.15 Å². The highest BCUT2D eigenvalue weighted by Gasteiger charge is 2.32. The molecule has 0 amide bonds. The summed E-state index contributed by atoms with van der Waals surface area (Å²) in [6.07, 6.45) is 1.55. The van der Waals surface area contributed by atoms with Crippen LogP contribution in [0.5, 0.6) is 0 Å². The Hall–Kier alpha value is -2.40. The molecule has 6 nitrogen and oxygen atoms in total. The van der Waals surface area contributed by atoms with Crippen LogP contribution in [0.15, 0.2) is 33.2 Å². The van der Waals surface area contributed by atoms with Gasteiger partial charge in [0.05, 0.1) is 23.7 Å². The highest BCUT2D eigenvalue weighted by atomic mass is 79.9. The van der Waals surface area contributed by atoms with Gasteiger partial charge in [-0.1, -0.05) is 17.7 Å². The maximum Gasteiger partial charge on any atom is 0.320 e. The average molecular weight is 489 g/mol. The molecule has 0 radical (unpaired) electrons. The van der Waals surface area contributed by atoms with Crippen molar-refractivity contribution in [3.63, 3.8) is 0 Å². The van der Waals surface area contributed by atoms with E-state index in [1.807, 2.05) is 36.2 Å². The van der Waals surface area contributed by atoms with Gasteiger partial charge in [0.1, 0.15) is 17.1 Å². The van der Waals surface area contributed by atoms with Crippen molar-refractivity contribution in [1.29, 1.82) is 5.26 Å². The average Bonchev–Trinajstić information content (AvgIpc) is 3.32. The third kappa shape index (κ3) is 3.60. The number of likely N-dealkylation sites (N-methyl/N-ethyl adjacent to an activating group) is 1. The highest BCUT2D eigenvalue weighted by Crippen LogP contribution is 2.42. The van der Waals surface area contributed by atoms with E-state index in [1.165, 1.54) is 0 Å². The Bertz CT molecular complexity index is 1180. The maximum atomic E-state index is 11.9. The topological polar surface area (TPSA) is 79.4 Å². The lowest BCUT2D eigenvalue weighted by Gasteiger charge is -2.24. The number of hydrogen-bond acceptors (Lipinski definition) is 6. The van der Waals surface area contributed by atoms with Gasteiger partial charge in [-0.3, -0.25) is 9.69 Å². The molecule has 1 heterocycles. The van der Waals surface area contributed by atoms with E-state index in [1.54, 1.807) is 6.92 Å². The van der Waals surface area contributed by atoms with Crippen LogP contribution in [0.1, 0.15) is 36.1 Å². The van der Waals surface area contributed by atoms with Gasteiger partial charge in [0.2, 0.25) is 5.89 Å². The number of carbonyl (C=O) groups is 1. The lowest BCUT2D eigenvalue weighted by Crippen LogP contribution is -2.30. The maximum absolute atomic E-state index is 11.9. The predicted molar refractivity (Wildman–Crippen MR) is 117 cm³/mol. The fourth-order valence-corrected chi connectivity index (χ4v) is 4.58. The zero-order chi connectivity index (χ0) is 21.4. The molecule has 0 fully saturated rings. The van der Waals surface area contributed by atoms with Crippen molar-refractivity contribution in [2.24, 2.45) is 0 Å². The molecule has 0 saturated heterocycles. The van der Waals surface area contributed by atoms with Crippen LogP contribution in [0, 0.1) is 11.3 Å². The Morgan fingerprint density at radius 1 is 1.50 bits per heavy atom. The summed E-state index contributed by atoms with van der Waals surface area (Å²) in [7, 11) is 1.89. The number of aromatic nitrogens is 1. The number of hydrogen-bond donors (Lipinski definition) is 0. The van der Waals surface area contributed by atoms with Crippen LogP contribution < -0.4 is 0 Å². The summed E-state index contributed by atoms with van der Waals surface area (Å²) in [5, 5.41) is 10.4. The third-order valence-electron chi connectivity index (χ3n) is 5.36. The quantitative estimate of drug-likeness (QED) is 0.456. The number of ether oxygens (including phenoxy) is 1. The van der Waals surface area contributed by atoms with E-state index in [0.29, 0.717) is 39.7 Å². The number of carbonyl (C=O) groups excluding carboxylic acids is 1. The highest BCUT2D eigenvalue weighted by molar-refractivity contribution is 9.10. The number of fused-ring (bicyclic) bond motifs is 2. The number of esters is 1. The lowest BCUT2D eigenvalue weighted by atomic mass is 10.0. The van der Waals surface area contributed by atoms with E-state index >= 15 is 0 Å². The number of halogens is 2. The fraction of sp³-hybridized carbons (Fsp3) is 0.318. The van der Waals surface area contributed by atoms with Crippen LogP contribution in [0.2, 0.25) is 5.02 Å². The summed E-state index contributed by atoms with van der Waals surface area (Å²) >= 11 is 9.82. The summed E-state index contributed by atoms with van der Waals surface area (Å²) in [5.74, 6) is 0.107. The van der Waals surface area contributed by atoms with Gasteiger partial charge in [0.25, 0.3) is 0 Å². The number of nitriles is 1. The van der Waals surface area contributed by atoms with Crippen LogP contribution in [-0.4, -0.2) is 36.1 Å². The second-order valence-electron chi connectivity index (χ2n) is 7.17. The fourth-order valence-electron chi connectivity index (χ4n) is 4.01. The van der Waals surface area contributed by atoms with Crippen LogP contribution >= 0.6 is 27.5 Å². The molecule has 0 N–H and O–H groups in total. The smallest absolute Gasteiger partial charge is 0.320 e. The summed E-state index contributed by atoms with van der Waals surface area (Å²) in [4.78, 5) is 18.5. The van der Waals surface area contributed by atoms with Crippen LogP contribution in [0.3, 0.4) is 0 Å². The van der Waals surface area contributed by atoms with Crippen molar-refractivity contribution in [3.8, 4) is 17.5 Å². The summed E-state index contributed by atoms with van der Waals surface area (Å²) in [6.45, 7) is 2.33. The SMILES string of the molecule is CCOC(=O)CN(C)[C@H]1CCc2c1cc1nc(-c3cccc(Br)c3Cl)oc1c2C#N. The van der Waals surface area contributed by atoms with Crippen LogP contribution in [0.4, 0.5) is 0 Å². The Morgan fingerprint density at radius 3 is 3.03 bits per heavy atom. The minimum Gasteiger partial charge on any atom is -0.465 e. The van der Waals surface area contributed by atoms with Crippen molar-refractivity contribution in [1.82, 2.24) is 9.88 Å². The summed E-state index contributed by atoms with van der Waals surface area (Å²) < 4.78 is 11.8. The minimum atomic E-state index is -0.261. The standard InChI is InChI=1S/C22H19BrClN3O3/c1-3-29-19(28)11-27(2)18-8-7-12-14(18)9-17-21(15(12)10-25)30-22(26-17)13-5-4-6-16(23)20(13)24/h4-6,9,18H,3,7-8,11H2,1-2H3/t18-/m0/s1. The van der Waals surface area contributed by atoms with Gasteiger partial charge in [-0.25, -0.2) is 4.98 Å². The normalized spacial score (nSPS) is 15.4. The van der Waals surface area contributed by atoms with Gasteiger partial charge in [-0.15, -0.1) is 0 Å². The van der Waals surface area contributed by atoms with Gasteiger partial charge in [0.15, 0.2) is 5.58 Å². The molecular weight excluding hydrogens is 470 g/mol. The third-order valence-corrected chi connectivity index (χ3v) is 6.66. The molecule has 0 bridgehead atoms.